The van der Waals surface area contributed by atoms with Gasteiger partial charge < -0.3 is 4.42 Å². The molecule has 3 heteroatoms. The Kier molecular flexibility index (Phi) is 8.49. The minimum Gasteiger partial charge on any atom is -0.456 e. The lowest BCUT2D eigenvalue weighted by atomic mass is 9.92. The zero-order valence-corrected chi connectivity index (χ0v) is 32.1. The Labute approximate surface area is 342 Å². The molecule has 9 aromatic carbocycles. The highest BCUT2D eigenvalue weighted by molar-refractivity contribution is 6.06. The number of fused-ring (bicyclic) bond motifs is 4. The second-order valence-corrected chi connectivity index (χ2v) is 15.0. The maximum atomic E-state index is 6.24. The molecule has 0 spiro atoms. The predicted octanol–water partition coefficient (Wildman–Crippen LogP) is 15.2. The first kappa shape index (κ1) is 34.4. The number of hydrogen-bond donors (Lipinski definition) is 0. The molecule has 0 unspecified atom stereocenters. The monoisotopic (exact) mass is 752 g/mol. The predicted molar refractivity (Wildman–Crippen MR) is 245 cm³/mol. The molecule has 2 aromatic heterocycles. The van der Waals surface area contributed by atoms with Crippen LogP contribution >= 0.6 is 0 Å². The van der Waals surface area contributed by atoms with Gasteiger partial charge in [-0.15, -0.1) is 0 Å². The van der Waals surface area contributed by atoms with Crippen molar-refractivity contribution in [3.8, 4) is 78.4 Å². The third kappa shape index (κ3) is 6.55. The minimum atomic E-state index is 0.677. The molecular weight excluding hydrogens is 717 g/mol. The van der Waals surface area contributed by atoms with Crippen LogP contribution in [0, 0.1) is 0 Å². The summed E-state index contributed by atoms with van der Waals surface area (Å²) in [7, 11) is 0. The lowest BCUT2D eigenvalue weighted by Crippen LogP contribution is -1.97. The maximum absolute atomic E-state index is 6.24. The average Bonchev–Trinajstić information content (AvgIpc) is 3.70. The van der Waals surface area contributed by atoms with Gasteiger partial charge in [-0.1, -0.05) is 164 Å². The highest BCUT2D eigenvalue weighted by Crippen LogP contribution is 2.40. The van der Waals surface area contributed by atoms with E-state index >= 15 is 0 Å². The normalized spacial score (nSPS) is 11.4. The molecule has 0 fully saturated rings. The fraction of sp³-hybridized carbons (Fsp3) is 0. The topological polar surface area (TPSA) is 38.9 Å². The Balaban J connectivity index is 1.13. The summed E-state index contributed by atoms with van der Waals surface area (Å²) in [6, 6.07) is 77.1. The third-order valence-electron chi connectivity index (χ3n) is 11.3. The molecule has 59 heavy (non-hydrogen) atoms. The van der Waals surface area contributed by atoms with Crippen molar-refractivity contribution in [3.63, 3.8) is 0 Å². The number of nitrogens with zero attached hydrogens (tertiary/aromatic N) is 2. The number of aromatic nitrogens is 2. The Morgan fingerprint density at radius 1 is 0.271 bits per heavy atom. The molecule has 0 aliphatic heterocycles. The third-order valence-corrected chi connectivity index (χ3v) is 11.3. The molecule has 0 bridgehead atoms. The average molecular weight is 753 g/mol. The number of hydrogen-bond acceptors (Lipinski definition) is 3. The van der Waals surface area contributed by atoms with Crippen molar-refractivity contribution < 1.29 is 4.42 Å². The van der Waals surface area contributed by atoms with Crippen molar-refractivity contribution in [1.29, 1.82) is 0 Å². The Morgan fingerprint density at radius 3 is 1.64 bits per heavy atom. The first-order valence-corrected chi connectivity index (χ1v) is 20.0. The van der Waals surface area contributed by atoms with Crippen LogP contribution in [0.2, 0.25) is 0 Å². The van der Waals surface area contributed by atoms with Crippen molar-refractivity contribution in [1.82, 2.24) is 9.97 Å². The van der Waals surface area contributed by atoms with E-state index in [0.717, 1.165) is 83.4 Å². The molecule has 0 amide bonds. The van der Waals surface area contributed by atoms with Gasteiger partial charge in [-0.3, -0.25) is 0 Å². The van der Waals surface area contributed by atoms with Crippen LogP contribution in [0.3, 0.4) is 0 Å². The minimum absolute atomic E-state index is 0.677. The summed E-state index contributed by atoms with van der Waals surface area (Å²) in [5.41, 5.74) is 15.5. The van der Waals surface area contributed by atoms with Gasteiger partial charge >= 0.3 is 0 Å². The molecule has 2 heterocycles. The van der Waals surface area contributed by atoms with Crippen molar-refractivity contribution in [3.05, 3.63) is 218 Å². The van der Waals surface area contributed by atoms with Crippen LogP contribution in [0.4, 0.5) is 0 Å². The van der Waals surface area contributed by atoms with E-state index in [1.165, 1.54) is 21.9 Å². The smallest absolute Gasteiger partial charge is 0.160 e. The second kappa shape index (κ2) is 14.6. The lowest BCUT2D eigenvalue weighted by Gasteiger charge is -2.15. The van der Waals surface area contributed by atoms with Crippen molar-refractivity contribution in [2.75, 3.05) is 0 Å². The molecule has 276 valence electrons. The largest absolute Gasteiger partial charge is 0.456 e. The van der Waals surface area contributed by atoms with Crippen LogP contribution < -0.4 is 0 Å². The molecular formula is C56H36N2O. The fourth-order valence-electron chi connectivity index (χ4n) is 8.29. The highest BCUT2D eigenvalue weighted by Gasteiger charge is 2.17. The maximum Gasteiger partial charge on any atom is 0.160 e. The second-order valence-electron chi connectivity index (χ2n) is 15.0. The van der Waals surface area contributed by atoms with Crippen LogP contribution in [0.1, 0.15) is 0 Å². The van der Waals surface area contributed by atoms with Gasteiger partial charge in [0.15, 0.2) is 5.82 Å². The van der Waals surface area contributed by atoms with Crippen LogP contribution in [0.5, 0.6) is 0 Å². The van der Waals surface area contributed by atoms with E-state index in [9.17, 15) is 0 Å². The summed E-state index contributed by atoms with van der Waals surface area (Å²) in [4.78, 5) is 10.6. The molecule has 0 radical (unpaired) electrons. The summed E-state index contributed by atoms with van der Waals surface area (Å²) >= 11 is 0. The SMILES string of the molecule is c1ccc(-c2cccc(-c3cc(-c4ccc5oc6ccccc6c5c4)cc(-c4cc(-c5ccccc5-c5ccc6ccccc6c5)nc(-c5ccccc5)n4)c3)c2)cc1. The van der Waals surface area contributed by atoms with E-state index < -0.39 is 0 Å². The molecule has 11 rings (SSSR count). The van der Waals surface area contributed by atoms with Gasteiger partial charge in [0.2, 0.25) is 0 Å². The van der Waals surface area contributed by atoms with E-state index in [0.29, 0.717) is 5.82 Å². The summed E-state index contributed by atoms with van der Waals surface area (Å²) in [5, 5.41) is 4.62. The first-order valence-electron chi connectivity index (χ1n) is 20.0. The molecule has 0 saturated heterocycles. The first-order chi connectivity index (χ1) is 29.2. The van der Waals surface area contributed by atoms with Gasteiger partial charge in [-0.2, -0.15) is 0 Å². The van der Waals surface area contributed by atoms with Crippen LogP contribution in [0.25, 0.3) is 111 Å². The molecule has 0 aliphatic rings. The van der Waals surface area contributed by atoms with Crippen molar-refractivity contribution in [2.45, 2.75) is 0 Å². The summed E-state index contributed by atoms with van der Waals surface area (Å²) in [5.74, 6) is 0.677. The Bertz CT molecular complexity index is 3330. The number of para-hydroxylation sites is 1. The van der Waals surface area contributed by atoms with Gasteiger partial charge in [0.25, 0.3) is 0 Å². The number of benzene rings is 9. The van der Waals surface area contributed by atoms with Crippen LogP contribution in [-0.4, -0.2) is 9.97 Å². The van der Waals surface area contributed by atoms with Crippen molar-refractivity contribution in [2.24, 2.45) is 0 Å². The van der Waals surface area contributed by atoms with Gasteiger partial charge in [-0.25, -0.2) is 9.97 Å². The number of rotatable bonds is 7. The molecule has 11 aromatic rings. The van der Waals surface area contributed by atoms with E-state index in [1.807, 2.05) is 30.3 Å². The van der Waals surface area contributed by atoms with Gasteiger partial charge in [0.1, 0.15) is 11.2 Å². The molecule has 0 atom stereocenters. The van der Waals surface area contributed by atoms with E-state index in [2.05, 4.69) is 188 Å². The van der Waals surface area contributed by atoms with Crippen LogP contribution in [0.15, 0.2) is 223 Å². The van der Waals surface area contributed by atoms with Crippen LogP contribution in [-0.2, 0) is 0 Å². The highest BCUT2D eigenvalue weighted by atomic mass is 16.3. The summed E-state index contributed by atoms with van der Waals surface area (Å²) in [6.45, 7) is 0. The lowest BCUT2D eigenvalue weighted by molar-refractivity contribution is 0.669. The zero-order chi connectivity index (χ0) is 39.1. The zero-order valence-electron chi connectivity index (χ0n) is 32.1. The van der Waals surface area contributed by atoms with Gasteiger partial charge in [0, 0.05) is 27.5 Å². The molecule has 0 N–H and O–H groups in total. The molecule has 0 saturated carbocycles. The standard InChI is InChI=1S/C56H36N2O/c1-3-14-37(15-4-1)41-20-13-21-42(30-41)45-32-46(43-28-29-55-51(35-43)50-24-11-12-25-54(50)59-55)34-47(33-45)52-36-53(58-56(57-52)39-17-5-2-6-18-39)49-23-10-9-22-48(49)44-27-26-38-16-7-8-19-40(38)31-44/h1-36H. The van der Waals surface area contributed by atoms with Crippen molar-refractivity contribution >= 4 is 32.7 Å². The van der Waals surface area contributed by atoms with E-state index in [4.69, 9.17) is 14.4 Å². The van der Waals surface area contributed by atoms with E-state index in [1.54, 1.807) is 0 Å². The molecule has 3 nitrogen and oxygen atoms in total. The summed E-state index contributed by atoms with van der Waals surface area (Å²) < 4.78 is 6.24. The van der Waals surface area contributed by atoms with E-state index in [-0.39, 0.29) is 0 Å². The summed E-state index contributed by atoms with van der Waals surface area (Å²) in [6.07, 6.45) is 0. The Morgan fingerprint density at radius 2 is 0.831 bits per heavy atom. The fourth-order valence-corrected chi connectivity index (χ4v) is 8.29. The van der Waals surface area contributed by atoms with Gasteiger partial charge in [-0.05, 0) is 110 Å². The van der Waals surface area contributed by atoms with Gasteiger partial charge in [0.05, 0.1) is 11.4 Å². The number of furan rings is 1. The molecule has 0 aliphatic carbocycles. The Hall–Kier alpha value is -7.88. The quantitative estimate of drug-likeness (QED) is 0.163.